The lowest BCUT2D eigenvalue weighted by atomic mass is 10.0. The number of benzene rings is 3. The van der Waals surface area contributed by atoms with Gasteiger partial charge in [0, 0.05) is 29.3 Å². The molecular weight excluding hydrogens is 476 g/mol. The molecule has 0 atom stereocenters. The van der Waals surface area contributed by atoms with E-state index in [1.54, 1.807) is 18.2 Å². The zero-order valence-corrected chi connectivity index (χ0v) is 21.7. The quantitative estimate of drug-likeness (QED) is 0.258. The third kappa shape index (κ3) is 5.47. The van der Waals surface area contributed by atoms with Crippen LogP contribution in [0.4, 0.5) is 10.5 Å². The van der Waals surface area contributed by atoms with Crippen LogP contribution in [0.15, 0.2) is 72.8 Å². The van der Waals surface area contributed by atoms with Crippen molar-refractivity contribution >= 4 is 17.6 Å². The van der Waals surface area contributed by atoms with Crippen molar-refractivity contribution in [2.45, 2.75) is 52.0 Å². The van der Waals surface area contributed by atoms with Crippen molar-refractivity contribution in [3.05, 3.63) is 101 Å². The lowest BCUT2D eigenvalue weighted by Crippen LogP contribution is -2.30. The van der Waals surface area contributed by atoms with E-state index in [4.69, 9.17) is 0 Å². The van der Waals surface area contributed by atoms with Crippen molar-refractivity contribution in [2.75, 3.05) is 5.32 Å². The van der Waals surface area contributed by atoms with Gasteiger partial charge in [0.25, 0.3) is 5.91 Å². The number of aromatic nitrogens is 2. The van der Waals surface area contributed by atoms with Crippen LogP contribution < -0.4 is 10.6 Å². The van der Waals surface area contributed by atoms with Gasteiger partial charge in [-0.3, -0.25) is 4.79 Å². The first-order chi connectivity index (χ1) is 18.4. The van der Waals surface area contributed by atoms with Crippen LogP contribution in [0, 0.1) is 13.8 Å². The van der Waals surface area contributed by atoms with E-state index in [0.717, 1.165) is 48.1 Å². The molecule has 0 bridgehead atoms. The second-order valence-electron chi connectivity index (χ2n) is 10.00. The molecule has 38 heavy (non-hydrogen) atoms. The van der Waals surface area contributed by atoms with Crippen LogP contribution in [0.3, 0.4) is 0 Å². The number of anilines is 1. The van der Waals surface area contributed by atoms with Gasteiger partial charge >= 0.3 is 6.03 Å². The molecule has 7 nitrogen and oxygen atoms in total. The van der Waals surface area contributed by atoms with Crippen LogP contribution in [-0.4, -0.2) is 26.8 Å². The van der Waals surface area contributed by atoms with E-state index < -0.39 is 0 Å². The lowest BCUT2D eigenvalue weighted by Gasteiger charge is -2.12. The standard InChI is InChI=1S/C31H32N4O3/c1-20-8-7-10-22(16-20)19-32-31(38)35-28(23-11-4-5-12-23)18-27(34-35)26-17-24(14-15-29(26)36)33-30(37)25-13-6-3-9-21(25)2/h3,6-10,13-18,23,36H,4-5,11-12,19H2,1-2H3,(H,32,38)(H,33,37). The zero-order valence-electron chi connectivity index (χ0n) is 21.7. The Labute approximate surface area is 222 Å². The largest absolute Gasteiger partial charge is 0.507 e. The molecule has 1 aliphatic carbocycles. The highest BCUT2D eigenvalue weighted by Crippen LogP contribution is 2.38. The first kappa shape index (κ1) is 25.3. The number of nitrogens with zero attached hydrogens (tertiary/aromatic N) is 2. The molecule has 0 spiro atoms. The van der Waals surface area contributed by atoms with Crippen molar-refractivity contribution in [2.24, 2.45) is 0 Å². The van der Waals surface area contributed by atoms with E-state index in [-0.39, 0.29) is 23.6 Å². The molecule has 1 fully saturated rings. The number of phenolic OH excluding ortho intramolecular Hbond substituents is 1. The minimum absolute atomic E-state index is 0.0293. The number of phenols is 1. The highest BCUT2D eigenvalue weighted by Gasteiger charge is 2.26. The molecule has 1 aromatic heterocycles. The van der Waals surface area contributed by atoms with Crippen LogP contribution in [0.5, 0.6) is 5.75 Å². The number of nitrogens with one attached hydrogen (secondary N) is 2. The highest BCUT2D eigenvalue weighted by molar-refractivity contribution is 6.05. The monoisotopic (exact) mass is 508 g/mol. The normalized spacial score (nSPS) is 13.4. The van der Waals surface area contributed by atoms with Gasteiger partial charge in [0.1, 0.15) is 5.75 Å². The first-order valence-electron chi connectivity index (χ1n) is 13.0. The Hall–Kier alpha value is -4.39. The summed E-state index contributed by atoms with van der Waals surface area (Å²) in [6.45, 7) is 4.30. The van der Waals surface area contributed by atoms with Gasteiger partial charge in [-0.25, -0.2) is 4.79 Å². The van der Waals surface area contributed by atoms with Crippen molar-refractivity contribution in [1.82, 2.24) is 15.1 Å². The highest BCUT2D eigenvalue weighted by atomic mass is 16.3. The van der Waals surface area contributed by atoms with Gasteiger partial charge in [-0.15, -0.1) is 0 Å². The second-order valence-corrected chi connectivity index (χ2v) is 10.00. The number of amides is 2. The van der Waals surface area contributed by atoms with Crippen LogP contribution in [0.2, 0.25) is 0 Å². The summed E-state index contributed by atoms with van der Waals surface area (Å²) >= 11 is 0. The average molecular weight is 509 g/mol. The maximum absolute atomic E-state index is 13.3. The predicted molar refractivity (Wildman–Crippen MR) is 148 cm³/mol. The minimum Gasteiger partial charge on any atom is -0.507 e. The Bertz CT molecular complexity index is 1480. The van der Waals surface area contributed by atoms with Crippen molar-refractivity contribution < 1.29 is 14.7 Å². The molecule has 3 N–H and O–H groups in total. The number of aryl methyl sites for hydroxylation is 2. The summed E-state index contributed by atoms with van der Waals surface area (Å²) in [7, 11) is 0. The average Bonchev–Trinajstić information content (AvgIpc) is 3.59. The molecule has 0 saturated heterocycles. The summed E-state index contributed by atoms with van der Waals surface area (Å²) in [6, 6.07) is 21.9. The molecule has 4 aromatic rings. The van der Waals surface area contributed by atoms with E-state index in [9.17, 15) is 14.7 Å². The molecule has 7 heteroatoms. The van der Waals surface area contributed by atoms with Crippen molar-refractivity contribution in [1.29, 1.82) is 0 Å². The van der Waals surface area contributed by atoms with E-state index in [2.05, 4.69) is 15.7 Å². The van der Waals surface area contributed by atoms with Crippen LogP contribution in [0.25, 0.3) is 11.3 Å². The fourth-order valence-electron chi connectivity index (χ4n) is 5.12. The second kappa shape index (κ2) is 10.9. The Balaban J connectivity index is 1.43. The van der Waals surface area contributed by atoms with E-state index in [1.165, 1.54) is 10.7 Å². The Kier molecular flexibility index (Phi) is 7.26. The summed E-state index contributed by atoms with van der Waals surface area (Å²) in [5.41, 5.74) is 5.93. The molecule has 2 amide bonds. The summed E-state index contributed by atoms with van der Waals surface area (Å²) in [6.07, 6.45) is 4.22. The minimum atomic E-state index is -0.303. The number of aromatic hydroxyl groups is 1. The smallest absolute Gasteiger partial charge is 0.342 e. The van der Waals surface area contributed by atoms with Gasteiger partial charge in [0.2, 0.25) is 0 Å². The first-order valence-corrected chi connectivity index (χ1v) is 13.0. The van der Waals surface area contributed by atoms with Gasteiger partial charge in [0.05, 0.1) is 11.4 Å². The van der Waals surface area contributed by atoms with E-state index in [1.807, 2.05) is 62.4 Å². The van der Waals surface area contributed by atoms with Gasteiger partial charge in [-0.05, 0) is 68.1 Å². The number of carbonyl (C=O) groups is 2. The molecule has 0 unspecified atom stereocenters. The van der Waals surface area contributed by atoms with E-state index in [0.29, 0.717) is 29.1 Å². The Morgan fingerprint density at radius 3 is 2.53 bits per heavy atom. The van der Waals surface area contributed by atoms with Crippen molar-refractivity contribution in [3.8, 4) is 17.0 Å². The fraction of sp³-hybridized carbons (Fsp3) is 0.258. The fourth-order valence-corrected chi connectivity index (χ4v) is 5.12. The number of hydrogen-bond donors (Lipinski definition) is 3. The van der Waals surface area contributed by atoms with Gasteiger partial charge in [0.15, 0.2) is 0 Å². The maximum Gasteiger partial charge on any atom is 0.342 e. The molecule has 1 aliphatic rings. The summed E-state index contributed by atoms with van der Waals surface area (Å²) < 4.78 is 1.44. The number of hydrogen-bond acceptors (Lipinski definition) is 4. The van der Waals surface area contributed by atoms with Gasteiger partial charge < -0.3 is 15.7 Å². The molecule has 0 aliphatic heterocycles. The zero-order chi connectivity index (χ0) is 26.6. The molecule has 5 rings (SSSR count). The lowest BCUT2D eigenvalue weighted by molar-refractivity contribution is 0.102. The summed E-state index contributed by atoms with van der Waals surface area (Å²) in [4.78, 5) is 26.1. The topological polar surface area (TPSA) is 96.3 Å². The van der Waals surface area contributed by atoms with E-state index >= 15 is 0 Å². The molecule has 194 valence electrons. The van der Waals surface area contributed by atoms with Crippen LogP contribution >= 0.6 is 0 Å². The Morgan fingerprint density at radius 1 is 0.974 bits per heavy atom. The molecule has 3 aromatic carbocycles. The number of rotatable bonds is 6. The molecule has 1 heterocycles. The third-order valence-corrected chi connectivity index (χ3v) is 7.15. The van der Waals surface area contributed by atoms with Gasteiger partial charge in [-0.1, -0.05) is 60.9 Å². The number of carbonyl (C=O) groups excluding carboxylic acids is 2. The summed E-state index contributed by atoms with van der Waals surface area (Å²) in [5.74, 6) is 0.0289. The molecular formula is C31H32N4O3. The predicted octanol–water partition coefficient (Wildman–Crippen LogP) is 6.54. The molecule has 0 radical (unpaired) electrons. The summed E-state index contributed by atoms with van der Waals surface area (Å²) in [5, 5.41) is 21.2. The van der Waals surface area contributed by atoms with Crippen LogP contribution in [0.1, 0.15) is 64.3 Å². The SMILES string of the molecule is Cc1cccc(CNC(=O)n2nc(-c3cc(NC(=O)c4ccccc4C)ccc3O)cc2C2CCCC2)c1. The van der Waals surface area contributed by atoms with Crippen molar-refractivity contribution in [3.63, 3.8) is 0 Å². The van der Waals surface area contributed by atoms with Gasteiger partial charge in [-0.2, -0.15) is 9.78 Å². The third-order valence-electron chi connectivity index (χ3n) is 7.15. The van der Waals surface area contributed by atoms with Crippen LogP contribution in [-0.2, 0) is 6.54 Å². The maximum atomic E-state index is 13.3. The molecule has 1 saturated carbocycles. The Morgan fingerprint density at radius 2 is 1.76 bits per heavy atom.